The highest BCUT2D eigenvalue weighted by atomic mass is 35.5. The minimum Gasteiger partial charge on any atom is -0.464 e. The van der Waals surface area contributed by atoms with E-state index in [4.69, 9.17) is 56.9 Å². The van der Waals surface area contributed by atoms with Gasteiger partial charge in [0.1, 0.15) is 17.7 Å². The predicted molar refractivity (Wildman–Crippen MR) is 197 cm³/mol. The zero-order valence-electron chi connectivity index (χ0n) is 31.5. The normalized spacial score (nSPS) is 22.0. The lowest BCUT2D eigenvalue weighted by Crippen LogP contribution is -2.57. The fourth-order valence-corrected chi connectivity index (χ4v) is 7.03. The van der Waals surface area contributed by atoms with Gasteiger partial charge in [-0.2, -0.15) is 9.97 Å². The zero-order valence-corrected chi connectivity index (χ0v) is 32.3. The van der Waals surface area contributed by atoms with Crippen LogP contribution in [0.5, 0.6) is 0 Å². The van der Waals surface area contributed by atoms with E-state index in [0.717, 1.165) is 26.0 Å². The van der Waals surface area contributed by atoms with Crippen LogP contribution in [0.1, 0.15) is 59.3 Å². The number of nitrogens with two attached hydrogens (primary N) is 1. The Morgan fingerprint density at radius 3 is 2.27 bits per heavy atom. The maximum Gasteiger partial charge on any atom is 0.350 e. The number of rotatable bonds is 15. The SMILES string of the molecule is C#C[C@@]1(OC(C)=O)[C@@H](COC(Cc2ccc(N3CCC[C@H]3C(=O)OCC)cc2)(C(=O)OCC)C(=O)OCC)O[C@@H](n2cnc3c(N)nc(Cl)nc32)[C@@H]1OC(C)=O. The van der Waals surface area contributed by atoms with Crippen LogP contribution in [0.4, 0.5) is 11.5 Å². The van der Waals surface area contributed by atoms with Crippen LogP contribution in [0, 0.1) is 12.3 Å². The van der Waals surface area contributed by atoms with Crippen molar-refractivity contribution in [3.05, 3.63) is 41.4 Å². The second-order valence-electron chi connectivity index (χ2n) is 12.8. The van der Waals surface area contributed by atoms with E-state index in [-0.39, 0.29) is 48.1 Å². The van der Waals surface area contributed by atoms with Crippen molar-refractivity contribution in [2.45, 2.75) is 89.6 Å². The summed E-state index contributed by atoms with van der Waals surface area (Å²) in [5.41, 5.74) is 2.70. The summed E-state index contributed by atoms with van der Waals surface area (Å²) in [7, 11) is 0. The highest BCUT2D eigenvalue weighted by Crippen LogP contribution is 2.44. The average molecular weight is 799 g/mol. The number of terminal acetylenes is 1. The van der Waals surface area contributed by atoms with Gasteiger partial charge in [-0.05, 0) is 62.9 Å². The quantitative estimate of drug-likeness (QED) is 0.0767. The van der Waals surface area contributed by atoms with Crippen LogP contribution < -0.4 is 10.6 Å². The fraction of sp³-hybridized carbons (Fsp3) is 0.514. The Hall–Kier alpha value is -5.51. The van der Waals surface area contributed by atoms with E-state index >= 15 is 0 Å². The molecule has 2 aromatic heterocycles. The maximum absolute atomic E-state index is 13.9. The number of nitrogen functional groups attached to an aromatic ring is 1. The van der Waals surface area contributed by atoms with Gasteiger partial charge in [0.25, 0.3) is 5.60 Å². The van der Waals surface area contributed by atoms with Crippen molar-refractivity contribution in [2.75, 3.05) is 43.6 Å². The van der Waals surface area contributed by atoms with Crippen molar-refractivity contribution in [1.82, 2.24) is 19.5 Å². The van der Waals surface area contributed by atoms with Gasteiger partial charge in [0, 0.05) is 32.5 Å². The number of aromatic nitrogens is 4. The molecule has 0 spiro atoms. The molecule has 0 saturated carbocycles. The number of carbonyl (C=O) groups excluding carboxylic acids is 5. The third-order valence-corrected chi connectivity index (χ3v) is 9.38. The van der Waals surface area contributed by atoms with E-state index in [1.54, 1.807) is 45.0 Å². The molecule has 3 aromatic rings. The highest BCUT2D eigenvalue weighted by molar-refractivity contribution is 6.28. The summed E-state index contributed by atoms with van der Waals surface area (Å²) < 4.78 is 41.4. The summed E-state index contributed by atoms with van der Waals surface area (Å²) in [4.78, 5) is 80.0. The monoisotopic (exact) mass is 798 g/mol. The number of carbonyl (C=O) groups is 5. The molecule has 2 N–H and O–H groups in total. The molecule has 56 heavy (non-hydrogen) atoms. The number of hydrogen-bond donors (Lipinski definition) is 1. The van der Waals surface area contributed by atoms with Crippen molar-refractivity contribution < 1.29 is 57.1 Å². The first-order valence-corrected chi connectivity index (χ1v) is 18.3. The average Bonchev–Trinajstić information content (AvgIpc) is 3.87. The largest absolute Gasteiger partial charge is 0.464 e. The Morgan fingerprint density at radius 1 is 1.02 bits per heavy atom. The number of ether oxygens (including phenoxy) is 7. The molecule has 19 heteroatoms. The molecule has 0 radical (unpaired) electrons. The molecule has 2 fully saturated rings. The van der Waals surface area contributed by atoms with E-state index < -0.39 is 72.6 Å². The lowest BCUT2D eigenvalue weighted by molar-refractivity contribution is -0.200. The highest BCUT2D eigenvalue weighted by Gasteiger charge is 2.63. The van der Waals surface area contributed by atoms with Gasteiger partial charge < -0.3 is 43.8 Å². The molecular weight excluding hydrogens is 756 g/mol. The summed E-state index contributed by atoms with van der Waals surface area (Å²) in [5, 5.41) is -0.234. The van der Waals surface area contributed by atoms with Crippen LogP contribution in [0.15, 0.2) is 30.6 Å². The first kappa shape index (κ1) is 41.6. The second-order valence-corrected chi connectivity index (χ2v) is 13.1. The summed E-state index contributed by atoms with van der Waals surface area (Å²) in [6, 6.07) is 6.41. The maximum atomic E-state index is 13.9. The lowest BCUT2D eigenvalue weighted by Gasteiger charge is -2.35. The van der Waals surface area contributed by atoms with E-state index in [2.05, 4.69) is 20.9 Å². The van der Waals surface area contributed by atoms with E-state index in [9.17, 15) is 24.0 Å². The number of halogens is 1. The third-order valence-electron chi connectivity index (χ3n) is 9.21. The minimum atomic E-state index is -2.46. The summed E-state index contributed by atoms with van der Waals surface area (Å²) in [5.74, 6) is -1.86. The number of imidazole rings is 1. The number of hydrogen-bond acceptors (Lipinski definition) is 17. The molecule has 18 nitrogen and oxygen atoms in total. The van der Waals surface area contributed by atoms with Crippen LogP contribution >= 0.6 is 11.6 Å². The molecular formula is C37H43ClN6O12. The van der Waals surface area contributed by atoms with Crippen molar-refractivity contribution in [2.24, 2.45) is 0 Å². The molecule has 1 aromatic carbocycles. The molecule has 0 unspecified atom stereocenters. The van der Waals surface area contributed by atoms with Crippen molar-refractivity contribution in [1.29, 1.82) is 0 Å². The first-order chi connectivity index (χ1) is 26.7. The van der Waals surface area contributed by atoms with Gasteiger partial charge in [0.2, 0.25) is 17.0 Å². The van der Waals surface area contributed by atoms with Gasteiger partial charge in [-0.15, -0.1) is 6.42 Å². The molecule has 0 aliphatic carbocycles. The van der Waals surface area contributed by atoms with E-state index in [1.807, 2.05) is 4.90 Å². The summed E-state index contributed by atoms with van der Waals surface area (Å²) >= 11 is 6.11. The Labute approximate surface area is 327 Å². The van der Waals surface area contributed by atoms with Gasteiger partial charge in [-0.3, -0.25) is 14.2 Å². The van der Waals surface area contributed by atoms with Crippen LogP contribution in [-0.4, -0.2) is 112 Å². The molecule has 5 atom stereocenters. The molecule has 4 heterocycles. The summed E-state index contributed by atoms with van der Waals surface area (Å²) in [6.45, 7) is 6.93. The number of benzene rings is 1. The van der Waals surface area contributed by atoms with Crippen molar-refractivity contribution in [3.63, 3.8) is 0 Å². The van der Waals surface area contributed by atoms with Crippen LogP contribution in [0.25, 0.3) is 11.2 Å². The van der Waals surface area contributed by atoms with Gasteiger partial charge in [0.05, 0.1) is 32.8 Å². The molecule has 2 aliphatic rings. The van der Waals surface area contributed by atoms with E-state index in [1.165, 1.54) is 10.9 Å². The van der Waals surface area contributed by atoms with Gasteiger partial charge in [-0.25, -0.2) is 19.4 Å². The molecule has 0 bridgehead atoms. The molecule has 5 rings (SSSR count). The Morgan fingerprint density at radius 2 is 1.68 bits per heavy atom. The number of fused-ring (bicyclic) bond motifs is 1. The van der Waals surface area contributed by atoms with E-state index in [0.29, 0.717) is 18.5 Å². The Kier molecular flexibility index (Phi) is 13.0. The standard InChI is InChI=1S/C37H43ClN6O12/c1-7-36(56-22(6)46)26(55-31(28(36)54-21(5)45)44-20-40-27-29(39)41-35(38)42-30(27)44)19-53-37(33(48)51-9-3,34(49)52-10-4)18-23-13-15-24(16-14-23)43-17-11-12-25(43)32(47)50-8-2/h1,13-16,20,25-26,28,31H,8-12,17-19H2,2-6H3,(H2,39,41,42)/t25-,26+,28-,31+,36+/m0/s1. The van der Waals surface area contributed by atoms with Crippen LogP contribution in [-0.2, 0) is 63.6 Å². The Balaban J connectivity index is 1.55. The molecule has 2 saturated heterocycles. The number of nitrogens with zero attached hydrogens (tertiary/aromatic N) is 5. The number of anilines is 2. The van der Waals surface area contributed by atoms with Crippen LogP contribution in [0.2, 0.25) is 5.28 Å². The Bertz CT molecular complexity index is 1980. The molecule has 2 aliphatic heterocycles. The zero-order chi connectivity index (χ0) is 40.8. The molecule has 0 amide bonds. The van der Waals surface area contributed by atoms with Crippen molar-refractivity contribution >= 4 is 64.1 Å². The summed E-state index contributed by atoms with van der Waals surface area (Å²) in [6.07, 6.45) is 3.84. The van der Waals surface area contributed by atoms with Crippen LogP contribution in [0.3, 0.4) is 0 Å². The molecule has 300 valence electrons. The third kappa shape index (κ3) is 8.20. The second kappa shape index (κ2) is 17.5. The minimum absolute atomic E-state index is 0.0540. The number of esters is 5. The van der Waals surface area contributed by atoms with Gasteiger partial charge in [-0.1, -0.05) is 18.1 Å². The van der Waals surface area contributed by atoms with Gasteiger partial charge in [0.15, 0.2) is 17.7 Å². The smallest absolute Gasteiger partial charge is 0.350 e. The van der Waals surface area contributed by atoms with Gasteiger partial charge >= 0.3 is 29.8 Å². The predicted octanol–water partition coefficient (Wildman–Crippen LogP) is 2.48. The van der Waals surface area contributed by atoms with Crippen molar-refractivity contribution in [3.8, 4) is 12.3 Å². The first-order valence-electron chi connectivity index (χ1n) is 17.9. The lowest BCUT2D eigenvalue weighted by atomic mass is 9.91. The fourth-order valence-electron chi connectivity index (χ4n) is 6.86. The topological polar surface area (TPSA) is 223 Å².